The van der Waals surface area contributed by atoms with E-state index in [1.54, 1.807) is 0 Å². The minimum Gasteiger partial charge on any atom is -0.356 e. The molecule has 20 heavy (non-hydrogen) atoms. The van der Waals surface area contributed by atoms with Gasteiger partial charge in [-0.05, 0) is 24.8 Å². The highest BCUT2D eigenvalue weighted by molar-refractivity contribution is 7.51. The third kappa shape index (κ3) is 15.0. The lowest BCUT2D eigenvalue weighted by molar-refractivity contribution is -0.121. The fourth-order valence-corrected chi connectivity index (χ4v) is 1.95. The van der Waals surface area contributed by atoms with Gasteiger partial charge in [0.15, 0.2) is 0 Å². The lowest BCUT2D eigenvalue weighted by Crippen LogP contribution is -2.24. The molecule has 8 nitrogen and oxygen atoms in total. The van der Waals surface area contributed by atoms with Crippen molar-refractivity contribution in [3.8, 4) is 0 Å². The van der Waals surface area contributed by atoms with Crippen molar-refractivity contribution < 1.29 is 18.8 Å². The number of hydrogen-bond acceptors (Lipinski definition) is 4. The molecule has 0 radical (unpaired) electrons. The highest BCUT2D eigenvalue weighted by Gasteiger charge is 2.08. The van der Waals surface area contributed by atoms with Gasteiger partial charge in [0.1, 0.15) is 0 Å². The van der Waals surface area contributed by atoms with E-state index in [1.165, 1.54) is 6.66 Å². The minimum absolute atomic E-state index is 0.0336. The number of nitrogens with zero attached hydrogens (tertiary/aromatic N) is 3. The Hall–Kier alpha value is -1.07. The van der Waals surface area contributed by atoms with Gasteiger partial charge in [-0.3, -0.25) is 9.36 Å². The fraction of sp³-hybridized carbons (Fsp3) is 0.909. The number of hydrogen-bond donors (Lipinski definition) is 2. The Morgan fingerprint density at radius 1 is 1.35 bits per heavy atom. The molecular weight excluding hydrogens is 283 g/mol. The average molecular weight is 306 g/mol. The number of rotatable bonds is 12. The zero-order valence-electron chi connectivity index (χ0n) is 11.8. The number of nitrogens with one attached hydrogen (secondary N) is 1. The fourth-order valence-electron chi connectivity index (χ4n) is 1.49. The van der Waals surface area contributed by atoms with Crippen LogP contribution in [-0.4, -0.2) is 37.2 Å². The smallest absolute Gasteiger partial charge is 0.325 e. The second kappa shape index (κ2) is 11.7. The summed E-state index contributed by atoms with van der Waals surface area (Å²) < 4.78 is 15.6. The Balaban J connectivity index is 3.29. The Morgan fingerprint density at radius 3 is 2.70 bits per heavy atom. The summed E-state index contributed by atoms with van der Waals surface area (Å²) in [6.07, 6.45) is 4.36. The number of azide groups is 1. The molecule has 1 atom stereocenters. The summed E-state index contributed by atoms with van der Waals surface area (Å²) in [4.78, 5) is 22.8. The average Bonchev–Trinajstić information content (AvgIpc) is 2.36. The Labute approximate surface area is 119 Å². The lowest BCUT2D eigenvalue weighted by Gasteiger charge is -2.07. The van der Waals surface area contributed by atoms with Crippen molar-refractivity contribution in [2.45, 2.75) is 38.5 Å². The first kappa shape index (κ1) is 18.9. The highest BCUT2D eigenvalue weighted by atomic mass is 31.2. The van der Waals surface area contributed by atoms with Crippen LogP contribution in [0.15, 0.2) is 5.11 Å². The SMILES string of the molecule is CP(=O)(O)OCCCCCCNC(=O)CCCN=[N+]=[N-]. The van der Waals surface area contributed by atoms with Crippen LogP contribution in [0, 0.1) is 0 Å². The molecule has 2 N–H and O–H groups in total. The summed E-state index contributed by atoms with van der Waals surface area (Å²) >= 11 is 0. The van der Waals surface area contributed by atoms with E-state index in [0.717, 1.165) is 25.7 Å². The molecular formula is C11H23N4O4P. The molecule has 0 aliphatic heterocycles. The van der Waals surface area contributed by atoms with Crippen molar-refractivity contribution in [1.82, 2.24) is 5.32 Å². The van der Waals surface area contributed by atoms with Gasteiger partial charge in [0, 0.05) is 31.1 Å². The highest BCUT2D eigenvalue weighted by Crippen LogP contribution is 2.36. The number of amides is 1. The van der Waals surface area contributed by atoms with Gasteiger partial charge >= 0.3 is 7.60 Å². The first-order valence-electron chi connectivity index (χ1n) is 6.68. The Morgan fingerprint density at radius 2 is 2.05 bits per heavy atom. The van der Waals surface area contributed by atoms with E-state index in [1.807, 2.05) is 0 Å². The quantitative estimate of drug-likeness (QED) is 0.189. The van der Waals surface area contributed by atoms with Crippen LogP contribution in [0.3, 0.4) is 0 Å². The predicted octanol–water partition coefficient (Wildman–Crippen LogP) is 2.59. The summed E-state index contributed by atoms with van der Waals surface area (Å²) in [5, 5.41) is 6.14. The molecule has 0 rings (SSSR count). The van der Waals surface area contributed by atoms with Gasteiger partial charge in [0.05, 0.1) is 6.61 Å². The van der Waals surface area contributed by atoms with E-state index in [4.69, 9.17) is 14.9 Å². The Bertz CT molecular complexity index is 365. The standard InChI is InChI=1S/C11H23N4O4P/c1-20(17,18)19-10-5-3-2-4-8-13-11(16)7-6-9-14-15-12/h2-10H2,1H3,(H,13,16)(H,17,18). The molecule has 0 aromatic rings. The van der Waals surface area contributed by atoms with Crippen LogP contribution in [0.4, 0.5) is 0 Å². The maximum atomic E-state index is 11.3. The van der Waals surface area contributed by atoms with Crippen LogP contribution >= 0.6 is 7.60 Å². The minimum atomic E-state index is -3.34. The van der Waals surface area contributed by atoms with E-state index in [9.17, 15) is 9.36 Å². The normalized spacial score (nSPS) is 13.3. The summed E-state index contributed by atoms with van der Waals surface area (Å²) in [5.41, 5.74) is 8.06. The number of unbranched alkanes of at least 4 members (excludes halogenated alkanes) is 3. The van der Waals surface area contributed by atoms with Gasteiger partial charge in [-0.2, -0.15) is 0 Å². The maximum Gasteiger partial charge on any atom is 0.325 e. The predicted molar refractivity (Wildman–Crippen MR) is 76.4 cm³/mol. The third-order valence-electron chi connectivity index (χ3n) is 2.45. The molecule has 9 heteroatoms. The molecule has 0 saturated heterocycles. The second-order valence-corrected chi connectivity index (χ2v) is 6.32. The van der Waals surface area contributed by atoms with E-state index in [-0.39, 0.29) is 12.5 Å². The molecule has 1 amide bonds. The molecule has 0 aromatic carbocycles. The molecule has 0 spiro atoms. The van der Waals surface area contributed by atoms with Crippen LogP contribution < -0.4 is 5.32 Å². The molecule has 0 fully saturated rings. The largest absolute Gasteiger partial charge is 0.356 e. The van der Waals surface area contributed by atoms with Crippen LogP contribution in [0.5, 0.6) is 0 Å². The van der Waals surface area contributed by atoms with Crippen molar-refractivity contribution >= 4 is 13.5 Å². The van der Waals surface area contributed by atoms with Crippen LogP contribution in [-0.2, 0) is 13.9 Å². The first-order chi connectivity index (χ1) is 9.45. The van der Waals surface area contributed by atoms with Crippen molar-refractivity contribution in [2.75, 3.05) is 26.4 Å². The molecule has 0 aliphatic rings. The molecule has 0 aliphatic carbocycles. The Kier molecular flexibility index (Phi) is 11.1. The van der Waals surface area contributed by atoms with Gasteiger partial charge in [0.2, 0.25) is 5.91 Å². The van der Waals surface area contributed by atoms with Crippen molar-refractivity contribution in [2.24, 2.45) is 5.11 Å². The number of carbonyl (C=O) groups is 1. The van der Waals surface area contributed by atoms with Gasteiger partial charge in [0.25, 0.3) is 0 Å². The van der Waals surface area contributed by atoms with E-state index in [0.29, 0.717) is 25.9 Å². The summed E-state index contributed by atoms with van der Waals surface area (Å²) in [5.74, 6) is -0.0336. The van der Waals surface area contributed by atoms with Crippen molar-refractivity contribution in [3.63, 3.8) is 0 Å². The van der Waals surface area contributed by atoms with Gasteiger partial charge in [-0.1, -0.05) is 18.0 Å². The van der Waals surface area contributed by atoms with Crippen LogP contribution in [0.25, 0.3) is 10.4 Å². The molecule has 0 aromatic heterocycles. The molecule has 0 heterocycles. The topological polar surface area (TPSA) is 124 Å². The van der Waals surface area contributed by atoms with Gasteiger partial charge < -0.3 is 14.7 Å². The zero-order chi connectivity index (χ0) is 15.3. The molecule has 116 valence electrons. The number of carbonyl (C=O) groups excluding carboxylic acids is 1. The van der Waals surface area contributed by atoms with Crippen LogP contribution in [0.1, 0.15) is 38.5 Å². The zero-order valence-corrected chi connectivity index (χ0v) is 12.7. The first-order valence-corrected chi connectivity index (χ1v) is 8.70. The molecule has 1 unspecified atom stereocenters. The van der Waals surface area contributed by atoms with Crippen molar-refractivity contribution in [3.05, 3.63) is 10.4 Å². The summed E-state index contributed by atoms with van der Waals surface area (Å²) in [6.45, 7) is 2.42. The van der Waals surface area contributed by atoms with E-state index >= 15 is 0 Å². The van der Waals surface area contributed by atoms with Crippen molar-refractivity contribution in [1.29, 1.82) is 0 Å². The third-order valence-corrected chi connectivity index (χ3v) is 3.11. The lowest BCUT2D eigenvalue weighted by atomic mass is 10.2. The van der Waals surface area contributed by atoms with E-state index < -0.39 is 7.60 Å². The second-order valence-electron chi connectivity index (χ2n) is 4.46. The molecule has 0 saturated carbocycles. The van der Waals surface area contributed by atoms with Crippen LogP contribution in [0.2, 0.25) is 0 Å². The maximum absolute atomic E-state index is 11.3. The molecule has 0 bridgehead atoms. The van der Waals surface area contributed by atoms with E-state index in [2.05, 4.69) is 15.3 Å². The monoisotopic (exact) mass is 306 g/mol. The van der Waals surface area contributed by atoms with Gasteiger partial charge in [-0.15, -0.1) is 0 Å². The summed E-state index contributed by atoms with van der Waals surface area (Å²) in [6, 6.07) is 0. The summed E-state index contributed by atoms with van der Waals surface area (Å²) in [7, 11) is -3.34. The van der Waals surface area contributed by atoms with Gasteiger partial charge in [-0.25, -0.2) is 0 Å².